The van der Waals surface area contributed by atoms with Gasteiger partial charge >= 0.3 is 0 Å². The molecular weight excluding hydrogens is 152 g/mol. The van der Waals surface area contributed by atoms with Crippen LogP contribution in [0.5, 0.6) is 0 Å². The largest absolute Gasteiger partial charge is 0.385 e. The number of hydrogen-bond acceptors (Lipinski definition) is 2. The van der Waals surface area contributed by atoms with Crippen LogP contribution in [0.4, 0.5) is 0 Å². The maximum absolute atomic E-state index is 11.5. The van der Waals surface area contributed by atoms with E-state index in [2.05, 4.69) is 13.8 Å². The van der Waals surface area contributed by atoms with Gasteiger partial charge in [-0.1, -0.05) is 20.8 Å². The lowest BCUT2D eigenvalue weighted by atomic mass is 9.45. The van der Waals surface area contributed by atoms with Gasteiger partial charge in [0, 0.05) is 5.92 Å². The summed E-state index contributed by atoms with van der Waals surface area (Å²) in [6.07, 6.45) is 0.325. The molecule has 3 rings (SSSR count). The summed E-state index contributed by atoms with van der Waals surface area (Å²) in [4.78, 5) is 11.5. The fourth-order valence-corrected chi connectivity index (χ4v) is 3.02. The summed E-state index contributed by atoms with van der Waals surface area (Å²) in [5, 5.41) is 9.53. The Kier molecular flexibility index (Phi) is 1.45. The van der Waals surface area contributed by atoms with Crippen LogP contribution in [0, 0.1) is 23.2 Å². The van der Waals surface area contributed by atoms with Crippen molar-refractivity contribution >= 4 is 5.78 Å². The molecule has 4 atom stereocenters. The standard InChI is InChI=1S/C10H16O2/c1-5-6-4-7(10(6,2)3)9(12)8(5)11/h5-8,11H,4H2,1-3H3/t5?,6-,7+,8?/m0/s1. The topological polar surface area (TPSA) is 37.3 Å². The van der Waals surface area contributed by atoms with E-state index in [1.54, 1.807) is 0 Å². The molecular formula is C10H16O2. The van der Waals surface area contributed by atoms with Crippen LogP contribution in [0.3, 0.4) is 0 Å². The maximum Gasteiger partial charge on any atom is 0.165 e. The zero-order valence-corrected chi connectivity index (χ0v) is 7.87. The summed E-state index contributed by atoms with van der Waals surface area (Å²) in [5.74, 6) is 0.927. The molecule has 0 radical (unpaired) electrons. The lowest BCUT2D eigenvalue weighted by molar-refractivity contribution is -0.177. The van der Waals surface area contributed by atoms with E-state index in [4.69, 9.17) is 0 Å². The summed E-state index contributed by atoms with van der Waals surface area (Å²) in [6, 6.07) is 0. The molecule has 0 spiro atoms. The monoisotopic (exact) mass is 168 g/mol. The van der Waals surface area contributed by atoms with Gasteiger partial charge in [0.15, 0.2) is 5.78 Å². The van der Waals surface area contributed by atoms with Crippen LogP contribution in [-0.4, -0.2) is 17.0 Å². The molecule has 3 aliphatic rings. The fraction of sp³-hybridized carbons (Fsp3) is 0.900. The molecule has 0 heterocycles. The highest BCUT2D eigenvalue weighted by Gasteiger charge is 2.60. The average molecular weight is 168 g/mol. The van der Waals surface area contributed by atoms with Gasteiger partial charge in [-0.2, -0.15) is 0 Å². The first kappa shape index (κ1) is 8.24. The number of ketones is 1. The second-order valence-corrected chi connectivity index (χ2v) is 4.92. The predicted molar refractivity (Wildman–Crippen MR) is 45.6 cm³/mol. The van der Waals surface area contributed by atoms with E-state index in [-0.39, 0.29) is 23.0 Å². The number of hydrogen-bond donors (Lipinski definition) is 1. The van der Waals surface area contributed by atoms with E-state index >= 15 is 0 Å². The van der Waals surface area contributed by atoms with E-state index in [9.17, 15) is 9.90 Å². The number of Topliss-reactive ketones (excluding diaryl/α,β-unsaturated/α-hetero) is 1. The van der Waals surface area contributed by atoms with Crippen LogP contribution in [0.1, 0.15) is 27.2 Å². The quantitative estimate of drug-likeness (QED) is 0.590. The molecule has 0 saturated heterocycles. The Labute approximate surface area is 73.0 Å². The molecule has 1 N–H and O–H groups in total. The van der Waals surface area contributed by atoms with Crippen molar-refractivity contribution in [2.24, 2.45) is 23.2 Å². The number of aliphatic hydroxyl groups excluding tert-OH is 1. The molecule has 0 aromatic rings. The van der Waals surface area contributed by atoms with Crippen molar-refractivity contribution in [1.29, 1.82) is 0 Å². The van der Waals surface area contributed by atoms with E-state index in [0.717, 1.165) is 6.42 Å². The number of carbonyl (C=O) groups is 1. The molecule has 3 fully saturated rings. The highest BCUT2D eigenvalue weighted by Crippen LogP contribution is 2.59. The van der Waals surface area contributed by atoms with E-state index in [1.807, 2.05) is 6.92 Å². The van der Waals surface area contributed by atoms with Gasteiger partial charge in [0.1, 0.15) is 6.10 Å². The van der Waals surface area contributed by atoms with Crippen LogP contribution >= 0.6 is 0 Å². The molecule has 0 aromatic heterocycles. The Hall–Kier alpha value is -0.370. The zero-order valence-electron chi connectivity index (χ0n) is 7.87. The summed E-state index contributed by atoms with van der Waals surface area (Å²) >= 11 is 0. The second-order valence-electron chi connectivity index (χ2n) is 4.92. The van der Waals surface area contributed by atoms with E-state index in [1.165, 1.54) is 0 Å². The minimum absolute atomic E-state index is 0.0787. The van der Waals surface area contributed by atoms with E-state index < -0.39 is 6.10 Å². The summed E-state index contributed by atoms with van der Waals surface area (Å²) < 4.78 is 0. The molecule has 2 heteroatoms. The van der Waals surface area contributed by atoms with Crippen LogP contribution < -0.4 is 0 Å². The first-order valence-electron chi connectivity index (χ1n) is 4.68. The molecule has 3 aliphatic carbocycles. The van der Waals surface area contributed by atoms with Crippen molar-refractivity contribution in [3.8, 4) is 0 Å². The molecule has 2 nitrogen and oxygen atoms in total. The van der Waals surface area contributed by atoms with Gasteiger partial charge in [0.2, 0.25) is 0 Å². The molecule has 2 unspecified atom stereocenters. The normalized spacial score (nSPS) is 50.2. The molecule has 0 aromatic carbocycles. The highest BCUT2D eigenvalue weighted by molar-refractivity contribution is 5.88. The maximum atomic E-state index is 11.5. The Balaban J connectivity index is 2.30. The fourth-order valence-electron chi connectivity index (χ4n) is 3.02. The third kappa shape index (κ3) is 0.717. The Morgan fingerprint density at radius 1 is 1.50 bits per heavy atom. The van der Waals surface area contributed by atoms with Crippen LogP contribution in [0.15, 0.2) is 0 Å². The van der Waals surface area contributed by atoms with E-state index in [0.29, 0.717) is 5.92 Å². The minimum Gasteiger partial charge on any atom is -0.385 e. The van der Waals surface area contributed by atoms with Crippen LogP contribution in [-0.2, 0) is 4.79 Å². The van der Waals surface area contributed by atoms with Crippen LogP contribution in [0.2, 0.25) is 0 Å². The number of aliphatic hydroxyl groups is 1. The molecule has 0 amide bonds. The van der Waals surface area contributed by atoms with Gasteiger partial charge in [-0.25, -0.2) is 0 Å². The lowest BCUT2D eigenvalue weighted by Gasteiger charge is -2.59. The Bertz CT molecular complexity index is 232. The second kappa shape index (κ2) is 2.11. The number of carbonyl (C=O) groups excluding carboxylic acids is 1. The molecule has 68 valence electrons. The van der Waals surface area contributed by atoms with Crippen molar-refractivity contribution in [1.82, 2.24) is 0 Å². The summed E-state index contributed by atoms with van der Waals surface area (Å²) in [6.45, 7) is 6.28. The third-order valence-electron chi connectivity index (χ3n) is 4.11. The Morgan fingerprint density at radius 2 is 2.08 bits per heavy atom. The molecule has 3 saturated carbocycles. The van der Waals surface area contributed by atoms with Gasteiger partial charge in [-0.15, -0.1) is 0 Å². The number of rotatable bonds is 0. The first-order valence-corrected chi connectivity index (χ1v) is 4.68. The molecule has 0 aliphatic heterocycles. The van der Waals surface area contributed by atoms with Crippen molar-refractivity contribution < 1.29 is 9.90 Å². The molecule has 2 bridgehead atoms. The van der Waals surface area contributed by atoms with Gasteiger partial charge in [0.25, 0.3) is 0 Å². The molecule has 12 heavy (non-hydrogen) atoms. The first-order chi connectivity index (χ1) is 5.46. The lowest BCUT2D eigenvalue weighted by Crippen LogP contribution is -2.62. The van der Waals surface area contributed by atoms with Gasteiger partial charge in [0.05, 0.1) is 0 Å². The minimum atomic E-state index is -0.679. The zero-order chi connectivity index (χ0) is 9.09. The smallest absolute Gasteiger partial charge is 0.165 e. The average Bonchev–Trinajstić information content (AvgIpc) is 1.98. The third-order valence-corrected chi connectivity index (χ3v) is 4.11. The van der Waals surface area contributed by atoms with Crippen molar-refractivity contribution in [2.75, 3.05) is 0 Å². The highest BCUT2D eigenvalue weighted by atomic mass is 16.3. The summed E-state index contributed by atoms with van der Waals surface area (Å²) in [5.41, 5.74) is 0.149. The van der Waals surface area contributed by atoms with Crippen molar-refractivity contribution in [2.45, 2.75) is 33.3 Å². The van der Waals surface area contributed by atoms with Gasteiger partial charge < -0.3 is 5.11 Å². The van der Waals surface area contributed by atoms with Gasteiger partial charge in [-0.05, 0) is 23.7 Å². The summed E-state index contributed by atoms with van der Waals surface area (Å²) in [7, 11) is 0. The van der Waals surface area contributed by atoms with Crippen molar-refractivity contribution in [3.05, 3.63) is 0 Å². The van der Waals surface area contributed by atoms with Crippen LogP contribution in [0.25, 0.3) is 0 Å². The van der Waals surface area contributed by atoms with Gasteiger partial charge in [-0.3, -0.25) is 4.79 Å². The predicted octanol–water partition coefficient (Wildman–Crippen LogP) is 1.23. The Morgan fingerprint density at radius 3 is 2.50 bits per heavy atom. The van der Waals surface area contributed by atoms with Crippen molar-refractivity contribution in [3.63, 3.8) is 0 Å². The number of fused-ring (bicyclic) bond motifs is 2. The SMILES string of the molecule is CC1C(O)C(=O)[C@H]2C[C@@H]1C2(C)C.